The van der Waals surface area contributed by atoms with Crippen LogP contribution in [0.25, 0.3) is 0 Å². The molecule has 0 saturated heterocycles. The highest BCUT2D eigenvalue weighted by Gasteiger charge is 2.14. The van der Waals surface area contributed by atoms with Gasteiger partial charge in [-0.2, -0.15) is 0 Å². The van der Waals surface area contributed by atoms with Gasteiger partial charge in [-0.05, 0) is 24.1 Å². The number of nitrogens with one attached hydrogen (secondary N) is 2. The van der Waals surface area contributed by atoms with Crippen LogP contribution in [0.1, 0.15) is 24.6 Å². The number of carbonyl (C=O) groups excluding carboxylic acids is 1. The van der Waals surface area contributed by atoms with Crippen LogP contribution in [0.15, 0.2) is 23.6 Å². The molecule has 0 radical (unpaired) electrons. The average Bonchev–Trinajstić information content (AvgIpc) is 2.94. The number of rotatable bonds is 7. The van der Waals surface area contributed by atoms with Gasteiger partial charge in [0.05, 0.1) is 27.2 Å². The van der Waals surface area contributed by atoms with Crippen LogP contribution < -0.4 is 10.6 Å². The molecule has 2 N–H and O–H groups in total. The molecule has 1 heterocycles. The quantitative estimate of drug-likeness (QED) is 0.703. The van der Waals surface area contributed by atoms with Crippen molar-refractivity contribution in [1.29, 1.82) is 0 Å². The Morgan fingerprint density at radius 3 is 2.72 bits per heavy atom. The highest BCUT2D eigenvalue weighted by Crippen LogP contribution is 2.22. The monoisotopic (exact) mass is 421 g/mol. The van der Waals surface area contributed by atoms with Gasteiger partial charge < -0.3 is 5.32 Å². The Morgan fingerprint density at radius 1 is 1.28 bits per heavy atom. The summed E-state index contributed by atoms with van der Waals surface area (Å²) in [5, 5.41) is 8.08. The molecule has 0 bridgehead atoms. The van der Waals surface area contributed by atoms with Crippen molar-refractivity contribution in [2.24, 2.45) is 0 Å². The number of benzene rings is 1. The maximum atomic E-state index is 11.9. The van der Waals surface area contributed by atoms with Crippen LogP contribution in [-0.2, 0) is 22.1 Å². The van der Waals surface area contributed by atoms with E-state index in [9.17, 15) is 13.2 Å². The van der Waals surface area contributed by atoms with E-state index in [0.717, 1.165) is 5.56 Å². The summed E-state index contributed by atoms with van der Waals surface area (Å²) in [4.78, 5) is 16.0. The van der Waals surface area contributed by atoms with E-state index < -0.39 is 15.9 Å². The van der Waals surface area contributed by atoms with Crippen molar-refractivity contribution < 1.29 is 13.2 Å². The number of thiazole rings is 1. The van der Waals surface area contributed by atoms with Gasteiger partial charge in [0.1, 0.15) is 0 Å². The van der Waals surface area contributed by atoms with Crippen molar-refractivity contribution in [3.8, 4) is 0 Å². The second kappa shape index (κ2) is 8.84. The highest BCUT2D eigenvalue weighted by molar-refractivity contribution is 7.90. The number of hydrogen-bond donors (Lipinski definition) is 2. The Morgan fingerprint density at radius 2 is 2.04 bits per heavy atom. The fraction of sp³-hybridized carbons (Fsp3) is 0.333. The lowest BCUT2D eigenvalue weighted by Gasteiger charge is -2.06. The van der Waals surface area contributed by atoms with Crippen molar-refractivity contribution in [1.82, 2.24) is 10.3 Å². The van der Waals surface area contributed by atoms with Crippen LogP contribution in [0.3, 0.4) is 0 Å². The number of anilines is 1. The van der Waals surface area contributed by atoms with Crippen LogP contribution in [-0.4, -0.2) is 25.2 Å². The summed E-state index contributed by atoms with van der Waals surface area (Å²) in [6, 6.07) is 4.64. The summed E-state index contributed by atoms with van der Waals surface area (Å²) in [5.41, 5.74) is 1.23. The fourth-order valence-electron chi connectivity index (χ4n) is 2.01. The molecule has 2 rings (SSSR count). The maximum Gasteiger partial charge on any atom is 0.321 e. The smallest absolute Gasteiger partial charge is 0.321 e. The molecule has 0 fully saturated rings. The molecule has 136 valence electrons. The molecule has 1 aromatic carbocycles. The first kappa shape index (κ1) is 20.0. The Hall–Kier alpha value is -1.35. The van der Waals surface area contributed by atoms with E-state index in [2.05, 4.69) is 15.6 Å². The van der Waals surface area contributed by atoms with Crippen LogP contribution >= 0.6 is 34.5 Å². The molecule has 0 unspecified atom stereocenters. The molecule has 1 aromatic heterocycles. The number of sulfone groups is 1. The van der Waals surface area contributed by atoms with Crippen molar-refractivity contribution in [2.45, 2.75) is 25.6 Å². The van der Waals surface area contributed by atoms with E-state index in [4.69, 9.17) is 23.2 Å². The zero-order valence-corrected chi connectivity index (χ0v) is 16.5. The number of halogens is 2. The number of urea groups is 1. The van der Waals surface area contributed by atoms with Crippen molar-refractivity contribution in [3.63, 3.8) is 0 Å². The van der Waals surface area contributed by atoms with Crippen LogP contribution in [0.2, 0.25) is 10.0 Å². The molecule has 6 nitrogen and oxygen atoms in total. The lowest BCUT2D eigenvalue weighted by molar-refractivity contribution is 0.251. The standard InChI is InChI=1S/C15H17Cl2N3O3S2/c1-2-5-25(22,23)9-11-8-24-15(19-11)20-14(21)18-7-10-3-4-12(16)13(17)6-10/h3-4,6,8H,2,5,7,9H2,1H3,(H2,18,19,20,21). The first-order valence-corrected chi connectivity index (χ1v) is 10.9. The van der Waals surface area contributed by atoms with E-state index in [1.54, 1.807) is 23.6 Å². The topological polar surface area (TPSA) is 88.2 Å². The fourth-order valence-corrected chi connectivity index (χ4v) is 4.51. The summed E-state index contributed by atoms with van der Waals surface area (Å²) in [5.74, 6) is 0.00133. The normalized spacial score (nSPS) is 11.3. The van der Waals surface area contributed by atoms with Crippen molar-refractivity contribution in [3.05, 3.63) is 44.9 Å². The maximum absolute atomic E-state index is 11.9. The number of amides is 2. The van der Waals surface area contributed by atoms with Gasteiger partial charge in [-0.15, -0.1) is 11.3 Å². The Bertz CT molecular complexity index is 853. The first-order valence-electron chi connectivity index (χ1n) is 7.42. The molecule has 0 saturated carbocycles. The van der Waals surface area contributed by atoms with Crippen LogP contribution in [0, 0.1) is 0 Å². The molecule has 0 atom stereocenters. The van der Waals surface area contributed by atoms with Crippen molar-refractivity contribution in [2.75, 3.05) is 11.1 Å². The van der Waals surface area contributed by atoms with E-state index in [1.807, 2.05) is 6.92 Å². The molecule has 0 aliphatic rings. The summed E-state index contributed by atoms with van der Waals surface area (Å²) < 4.78 is 23.6. The number of nitrogens with zero attached hydrogens (tertiary/aromatic N) is 1. The largest absolute Gasteiger partial charge is 0.334 e. The van der Waals surface area contributed by atoms with E-state index in [1.165, 1.54) is 11.3 Å². The van der Waals surface area contributed by atoms with E-state index in [0.29, 0.717) is 27.3 Å². The minimum atomic E-state index is -3.16. The van der Waals surface area contributed by atoms with Gasteiger partial charge in [-0.3, -0.25) is 5.32 Å². The molecule has 2 amide bonds. The third-order valence-electron chi connectivity index (χ3n) is 3.09. The minimum absolute atomic E-state index is 0.121. The van der Waals surface area contributed by atoms with Crippen LogP contribution in [0.4, 0.5) is 9.93 Å². The van der Waals surface area contributed by atoms with E-state index in [-0.39, 0.29) is 18.1 Å². The second-order valence-electron chi connectivity index (χ2n) is 5.29. The summed E-state index contributed by atoms with van der Waals surface area (Å²) >= 11 is 12.9. The van der Waals surface area contributed by atoms with Crippen molar-refractivity contribution >= 4 is 55.5 Å². The predicted octanol–water partition coefficient (Wildman–Crippen LogP) is 4.10. The Kier molecular flexibility index (Phi) is 7.06. The van der Waals surface area contributed by atoms with Gasteiger partial charge in [0.15, 0.2) is 15.0 Å². The Labute approximate surface area is 160 Å². The Balaban J connectivity index is 1.87. The SMILES string of the molecule is CCCS(=O)(=O)Cc1csc(NC(=O)NCc2ccc(Cl)c(Cl)c2)n1. The predicted molar refractivity (Wildman–Crippen MR) is 102 cm³/mol. The molecular weight excluding hydrogens is 405 g/mol. The number of carbonyl (C=O) groups is 1. The van der Waals surface area contributed by atoms with E-state index >= 15 is 0 Å². The van der Waals surface area contributed by atoms with Gasteiger partial charge in [-0.25, -0.2) is 18.2 Å². The second-order valence-corrected chi connectivity index (χ2v) is 9.15. The van der Waals surface area contributed by atoms with Gasteiger partial charge in [-0.1, -0.05) is 36.2 Å². The lowest BCUT2D eigenvalue weighted by atomic mass is 10.2. The molecule has 0 aliphatic heterocycles. The zero-order chi connectivity index (χ0) is 18.4. The van der Waals surface area contributed by atoms with Crippen LogP contribution in [0.5, 0.6) is 0 Å². The third kappa shape index (κ3) is 6.47. The molecule has 0 spiro atoms. The molecule has 0 aliphatic carbocycles. The summed E-state index contributed by atoms with van der Waals surface area (Å²) in [7, 11) is -3.16. The number of hydrogen-bond acceptors (Lipinski definition) is 5. The summed E-state index contributed by atoms with van der Waals surface area (Å²) in [6.45, 7) is 2.08. The van der Waals surface area contributed by atoms with Gasteiger partial charge in [0, 0.05) is 11.9 Å². The number of aromatic nitrogens is 1. The van der Waals surface area contributed by atoms with Gasteiger partial charge in [0.2, 0.25) is 0 Å². The summed E-state index contributed by atoms with van der Waals surface area (Å²) in [6.07, 6.45) is 0.564. The highest BCUT2D eigenvalue weighted by atomic mass is 35.5. The van der Waals surface area contributed by atoms with Gasteiger partial charge in [0.25, 0.3) is 0 Å². The van der Waals surface area contributed by atoms with Gasteiger partial charge >= 0.3 is 6.03 Å². The first-order chi connectivity index (χ1) is 11.8. The molecule has 25 heavy (non-hydrogen) atoms. The average molecular weight is 422 g/mol. The lowest BCUT2D eigenvalue weighted by Crippen LogP contribution is -2.28. The third-order valence-corrected chi connectivity index (χ3v) is 6.40. The zero-order valence-electron chi connectivity index (χ0n) is 13.4. The molecule has 2 aromatic rings. The minimum Gasteiger partial charge on any atom is -0.334 e. The molecular formula is C15H17Cl2N3O3S2. The molecule has 10 heteroatoms.